The molecular formula is C9H3BrF6. The van der Waals surface area contributed by atoms with Gasteiger partial charge >= 0.3 is 0 Å². The van der Waals surface area contributed by atoms with E-state index in [-0.39, 0.29) is 6.42 Å². The van der Waals surface area contributed by atoms with Crippen molar-refractivity contribution in [3.63, 3.8) is 0 Å². The third-order valence-corrected chi connectivity index (χ3v) is 3.29. The molecule has 1 aromatic rings. The molecule has 1 aliphatic rings. The van der Waals surface area contributed by atoms with Gasteiger partial charge in [0.1, 0.15) is 0 Å². The first-order valence-corrected chi connectivity index (χ1v) is 4.96. The molecule has 2 unspecified atom stereocenters. The van der Waals surface area contributed by atoms with Gasteiger partial charge in [-0.25, -0.2) is 26.3 Å². The van der Waals surface area contributed by atoms with Crippen molar-refractivity contribution in [2.75, 3.05) is 0 Å². The van der Waals surface area contributed by atoms with Crippen LogP contribution in [-0.4, -0.2) is 4.58 Å². The average molecular weight is 305 g/mol. The second kappa shape index (κ2) is 3.38. The first-order chi connectivity index (χ1) is 7.27. The van der Waals surface area contributed by atoms with Crippen LogP contribution in [0.25, 0.3) is 0 Å². The van der Waals surface area contributed by atoms with E-state index in [0.717, 1.165) is 0 Å². The van der Waals surface area contributed by atoms with Gasteiger partial charge in [0.25, 0.3) is 0 Å². The van der Waals surface area contributed by atoms with Crippen LogP contribution >= 0.6 is 15.9 Å². The molecular weight excluding hydrogens is 302 g/mol. The Morgan fingerprint density at radius 2 is 1.19 bits per heavy atom. The van der Waals surface area contributed by atoms with E-state index in [1.807, 2.05) is 0 Å². The minimum atomic E-state index is -2.24. The molecule has 0 spiro atoms. The number of hydrogen-bond donors (Lipinski definition) is 0. The predicted molar refractivity (Wildman–Crippen MR) is 46.4 cm³/mol. The number of rotatable bonds is 1. The highest BCUT2D eigenvalue weighted by atomic mass is 79.9. The fourth-order valence-electron chi connectivity index (χ4n) is 1.45. The molecule has 16 heavy (non-hydrogen) atoms. The molecule has 1 fully saturated rings. The van der Waals surface area contributed by atoms with E-state index in [4.69, 9.17) is 0 Å². The van der Waals surface area contributed by atoms with Crippen molar-refractivity contribution in [1.82, 2.24) is 0 Å². The second-order valence-electron chi connectivity index (χ2n) is 3.50. The molecule has 0 saturated heterocycles. The topological polar surface area (TPSA) is 0 Å². The number of hydrogen-bond acceptors (Lipinski definition) is 0. The van der Waals surface area contributed by atoms with Gasteiger partial charge in [0.2, 0.25) is 5.82 Å². The summed E-state index contributed by atoms with van der Waals surface area (Å²) in [5.74, 6) is -11.6. The van der Waals surface area contributed by atoms with Crippen LogP contribution in [0.5, 0.6) is 0 Å². The highest BCUT2D eigenvalue weighted by molar-refractivity contribution is 9.10. The van der Waals surface area contributed by atoms with Crippen LogP contribution in [-0.2, 0) is 0 Å². The lowest BCUT2D eigenvalue weighted by Gasteiger charge is -2.07. The molecule has 2 rings (SSSR count). The number of halogens is 7. The Labute approximate surface area is 94.4 Å². The molecule has 1 aliphatic carbocycles. The summed E-state index contributed by atoms with van der Waals surface area (Å²) in [7, 11) is 0. The van der Waals surface area contributed by atoms with Crippen molar-refractivity contribution < 1.29 is 26.3 Å². The van der Waals surface area contributed by atoms with E-state index in [2.05, 4.69) is 15.9 Å². The lowest BCUT2D eigenvalue weighted by molar-refractivity contribution is 0.363. The van der Waals surface area contributed by atoms with E-state index in [0.29, 0.717) is 0 Å². The maximum Gasteiger partial charge on any atom is 0.200 e. The Bertz CT molecular complexity index is 441. The second-order valence-corrected chi connectivity index (χ2v) is 4.82. The molecule has 0 nitrogen and oxygen atoms in total. The van der Waals surface area contributed by atoms with Crippen LogP contribution in [0.3, 0.4) is 0 Å². The van der Waals surface area contributed by atoms with Gasteiger partial charge in [0.05, 0.1) is 0 Å². The Hall–Kier alpha value is -0.720. The summed E-state index contributed by atoms with van der Waals surface area (Å²) >= 11 is 2.49. The first-order valence-electron chi connectivity index (χ1n) is 4.16. The largest absolute Gasteiger partial charge is 0.231 e. The standard InChI is InChI=1S/C9H3BrF6/c10-9(16)1-2(9)3-4(11)6(13)8(15)7(14)5(3)12/h2H,1H2. The van der Waals surface area contributed by atoms with Crippen molar-refractivity contribution in [3.8, 4) is 0 Å². The zero-order valence-electron chi connectivity index (χ0n) is 7.43. The van der Waals surface area contributed by atoms with Crippen LogP contribution in [0, 0.1) is 29.1 Å². The van der Waals surface area contributed by atoms with Gasteiger partial charge in [-0.15, -0.1) is 0 Å². The fourth-order valence-corrected chi connectivity index (χ4v) is 2.01. The molecule has 2 atom stereocenters. The van der Waals surface area contributed by atoms with Crippen molar-refractivity contribution in [2.45, 2.75) is 16.9 Å². The lowest BCUT2D eigenvalue weighted by atomic mass is 10.1. The molecule has 0 radical (unpaired) electrons. The molecule has 88 valence electrons. The first kappa shape index (κ1) is 11.8. The van der Waals surface area contributed by atoms with Crippen LogP contribution in [0.2, 0.25) is 0 Å². The van der Waals surface area contributed by atoms with Gasteiger partial charge in [-0.1, -0.05) is 0 Å². The number of benzene rings is 1. The van der Waals surface area contributed by atoms with Crippen molar-refractivity contribution in [2.24, 2.45) is 0 Å². The van der Waals surface area contributed by atoms with E-state index in [9.17, 15) is 26.3 Å². The molecule has 0 heterocycles. The molecule has 1 aromatic carbocycles. The summed E-state index contributed by atoms with van der Waals surface area (Å²) in [5, 5.41) is 0. The smallest absolute Gasteiger partial charge is 0.200 e. The Balaban J connectivity index is 2.63. The Morgan fingerprint density at radius 3 is 1.50 bits per heavy atom. The zero-order chi connectivity index (χ0) is 12.2. The highest BCUT2D eigenvalue weighted by Gasteiger charge is 2.57. The lowest BCUT2D eigenvalue weighted by Crippen LogP contribution is -2.08. The Morgan fingerprint density at radius 1 is 0.875 bits per heavy atom. The summed E-state index contributed by atoms with van der Waals surface area (Å²) in [4.78, 5) is 0. The predicted octanol–water partition coefficient (Wildman–Crippen LogP) is 3.93. The fraction of sp³-hybridized carbons (Fsp3) is 0.333. The molecule has 0 aliphatic heterocycles. The van der Waals surface area contributed by atoms with Crippen LogP contribution < -0.4 is 0 Å². The van der Waals surface area contributed by atoms with Gasteiger partial charge in [0, 0.05) is 17.9 Å². The van der Waals surface area contributed by atoms with Crippen molar-refractivity contribution in [3.05, 3.63) is 34.6 Å². The van der Waals surface area contributed by atoms with E-state index in [1.54, 1.807) is 0 Å². The van der Waals surface area contributed by atoms with E-state index < -0.39 is 45.1 Å². The molecule has 7 heteroatoms. The van der Waals surface area contributed by atoms with Crippen LogP contribution in [0.1, 0.15) is 17.9 Å². The number of alkyl halides is 2. The molecule has 1 saturated carbocycles. The van der Waals surface area contributed by atoms with E-state index >= 15 is 0 Å². The monoisotopic (exact) mass is 304 g/mol. The summed E-state index contributed by atoms with van der Waals surface area (Å²) in [6, 6.07) is 0. The normalized spacial score (nSPS) is 28.3. The zero-order valence-corrected chi connectivity index (χ0v) is 9.02. The quantitative estimate of drug-likeness (QED) is 0.319. The highest BCUT2D eigenvalue weighted by Crippen LogP contribution is 2.60. The van der Waals surface area contributed by atoms with Gasteiger partial charge in [-0.05, 0) is 15.9 Å². The molecule has 0 N–H and O–H groups in total. The van der Waals surface area contributed by atoms with Crippen molar-refractivity contribution >= 4 is 15.9 Å². The molecule has 0 amide bonds. The Kier molecular flexibility index (Phi) is 2.49. The summed E-state index contributed by atoms with van der Waals surface area (Å²) in [5.41, 5.74) is -1.10. The van der Waals surface area contributed by atoms with Gasteiger partial charge in [0.15, 0.2) is 27.8 Å². The van der Waals surface area contributed by atoms with Crippen molar-refractivity contribution in [1.29, 1.82) is 0 Å². The SMILES string of the molecule is Fc1c(F)c(F)c(C2CC2(F)Br)c(F)c1F. The minimum Gasteiger partial charge on any atom is -0.231 e. The van der Waals surface area contributed by atoms with E-state index in [1.165, 1.54) is 0 Å². The molecule has 0 bridgehead atoms. The van der Waals surface area contributed by atoms with Gasteiger partial charge < -0.3 is 0 Å². The maximum absolute atomic E-state index is 13.1. The van der Waals surface area contributed by atoms with Gasteiger partial charge in [-0.2, -0.15) is 0 Å². The van der Waals surface area contributed by atoms with Crippen LogP contribution in [0.15, 0.2) is 0 Å². The third-order valence-electron chi connectivity index (χ3n) is 2.42. The minimum absolute atomic E-state index is 0.328. The third kappa shape index (κ3) is 1.52. The average Bonchev–Trinajstić information content (AvgIpc) is 2.82. The van der Waals surface area contributed by atoms with Gasteiger partial charge in [-0.3, -0.25) is 0 Å². The summed E-state index contributed by atoms with van der Waals surface area (Å²) in [6.07, 6.45) is -0.328. The van der Waals surface area contributed by atoms with Crippen LogP contribution in [0.4, 0.5) is 26.3 Å². The molecule has 0 aromatic heterocycles. The maximum atomic E-state index is 13.1. The summed E-state index contributed by atoms with van der Waals surface area (Å²) < 4.78 is 75.4. The summed E-state index contributed by atoms with van der Waals surface area (Å²) in [6.45, 7) is 0.